The molecule has 0 amide bonds. The van der Waals surface area contributed by atoms with Crippen LogP contribution in [-0.2, 0) is 0 Å². The van der Waals surface area contributed by atoms with Gasteiger partial charge in [0.1, 0.15) is 6.17 Å². The van der Waals surface area contributed by atoms with E-state index in [4.69, 9.17) is 0 Å². The van der Waals surface area contributed by atoms with E-state index in [1.165, 1.54) is 22.5 Å². The van der Waals surface area contributed by atoms with Crippen LogP contribution < -0.4 is 9.80 Å². The van der Waals surface area contributed by atoms with Crippen molar-refractivity contribution in [3.63, 3.8) is 0 Å². The van der Waals surface area contributed by atoms with Gasteiger partial charge in [-0.05, 0) is 41.3 Å². The van der Waals surface area contributed by atoms with Crippen molar-refractivity contribution in [1.82, 2.24) is 0 Å². The van der Waals surface area contributed by atoms with Gasteiger partial charge in [-0.3, -0.25) is 0 Å². The van der Waals surface area contributed by atoms with Gasteiger partial charge in [0.15, 0.2) is 0 Å². The summed E-state index contributed by atoms with van der Waals surface area (Å²) in [5.41, 5.74) is 5.30. The zero-order valence-corrected chi connectivity index (χ0v) is 15.5. The molecule has 1 aliphatic heterocycles. The second-order valence-corrected chi connectivity index (χ2v) is 7.25. The van der Waals surface area contributed by atoms with Crippen molar-refractivity contribution < 1.29 is 0 Å². The Morgan fingerprint density at radius 2 is 1.12 bits per heavy atom. The SMILES string of the molecule is CC(C)c1ccc(C2N(c3ccccc3)CCN2c2ccccc2)cc1. The van der Waals surface area contributed by atoms with E-state index in [9.17, 15) is 0 Å². The second kappa shape index (κ2) is 7.25. The van der Waals surface area contributed by atoms with E-state index in [1.807, 2.05) is 0 Å². The molecule has 2 nitrogen and oxygen atoms in total. The van der Waals surface area contributed by atoms with Gasteiger partial charge in [-0.1, -0.05) is 74.5 Å². The maximum Gasteiger partial charge on any atom is 0.128 e. The molecule has 26 heavy (non-hydrogen) atoms. The summed E-state index contributed by atoms with van der Waals surface area (Å²) in [4.78, 5) is 5.02. The first-order valence-electron chi connectivity index (χ1n) is 9.47. The van der Waals surface area contributed by atoms with Crippen molar-refractivity contribution in [2.75, 3.05) is 22.9 Å². The summed E-state index contributed by atoms with van der Waals surface area (Å²) < 4.78 is 0. The third kappa shape index (κ3) is 3.20. The molecule has 0 saturated carbocycles. The Kier molecular flexibility index (Phi) is 4.66. The van der Waals surface area contributed by atoms with Crippen LogP contribution in [0.4, 0.5) is 11.4 Å². The summed E-state index contributed by atoms with van der Waals surface area (Å²) in [6, 6.07) is 30.7. The molecule has 3 aromatic rings. The van der Waals surface area contributed by atoms with Gasteiger partial charge in [-0.25, -0.2) is 0 Å². The number of anilines is 2. The summed E-state index contributed by atoms with van der Waals surface area (Å²) >= 11 is 0. The van der Waals surface area contributed by atoms with Crippen molar-refractivity contribution in [3.8, 4) is 0 Å². The smallest absolute Gasteiger partial charge is 0.128 e. The molecular formula is C24H26N2. The lowest BCUT2D eigenvalue weighted by molar-refractivity contribution is 0.716. The lowest BCUT2D eigenvalue weighted by Crippen LogP contribution is -2.30. The molecular weight excluding hydrogens is 316 g/mol. The molecule has 1 aliphatic rings. The molecule has 0 spiro atoms. The average Bonchev–Trinajstić information content (AvgIpc) is 3.14. The number of nitrogens with zero attached hydrogens (tertiary/aromatic N) is 2. The second-order valence-electron chi connectivity index (χ2n) is 7.25. The van der Waals surface area contributed by atoms with Crippen molar-refractivity contribution in [1.29, 1.82) is 0 Å². The average molecular weight is 342 g/mol. The summed E-state index contributed by atoms with van der Waals surface area (Å²) in [5, 5.41) is 0. The van der Waals surface area contributed by atoms with E-state index in [2.05, 4.69) is 109 Å². The minimum absolute atomic E-state index is 0.223. The number of hydrogen-bond acceptors (Lipinski definition) is 2. The quantitative estimate of drug-likeness (QED) is 0.588. The molecule has 132 valence electrons. The maximum atomic E-state index is 2.51. The van der Waals surface area contributed by atoms with Gasteiger partial charge < -0.3 is 9.80 Å². The van der Waals surface area contributed by atoms with Crippen LogP contribution in [0.2, 0.25) is 0 Å². The third-order valence-electron chi connectivity index (χ3n) is 5.25. The molecule has 0 N–H and O–H groups in total. The number of rotatable bonds is 4. The first-order chi connectivity index (χ1) is 12.7. The highest BCUT2D eigenvalue weighted by atomic mass is 15.4. The van der Waals surface area contributed by atoms with Crippen LogP contribution in [0.1, 0.15) is 37.1 Å². The van der Waals surface area contributed by atoms with E-state index in [0.29, 0.717) is 5.92 Å². The molecule has 1 heterocycles. The van der Waals surface area contributed by atoms with Crippen LogP contribution in [0.5, 0.6) is 0 Å². The van der Waals surface area contributed by atoms with Gasteiger partial charge >= 0.3 is 0 Å². The Morgan fingerprint density at radius 3 is 1.54 bits per heavy atom. The molecule has 0 radical (unpaired) electrons. The van der Waals surface area contributed by atoms with Crippen LogP contribution in [-0.4, -0.2) is 13.1 Å². The van der Waals surface area contributed by atoms with E-state index in [0.717, 1.165) is 13.1 Å². The van der Waals surface area contributed by atoms with Crippen LogP contribution in [0, 0.1) is 0 Å². The van der Waals surface area contributed by atoms with Crippen molar-refractivity contribution in [2.45, 2.75) is 25.9 Å². The molecule has 0 aromatic heterocycles. The minimum atomic E-state index is 0.223. The first-order valence-corrected chi connectivity index (χ1v) is 9.47. The molecule has 1 fully saturated rings. The molecule has 0 bridgehead atoms. The standard InChI is InChI=1S/C24H26N2/c1-19(2)20-13-15-21(16-14-20)24-25(22-9-5-3-6-10-22)17-18-26(24)23-11-7-4-8-12-23/h3-16,19,24H,17-18H2,1-2H3. The molecule has 4 rings (SSSR count). The van der Waals surface area contributed by atoms with Gasteiger partial charge in [0.05, 0.1) is 0 Å². The number of para-hydroxylation sites is 2. The largest absolute Gasteiger partial charge is 0.346 e. The zero-order valence-electron chi connectivity index (χ0n) is 15.5. The van der Waals surface area contributed by atoms with Gasteiger partial charge in [0.2, 0.25) is 0 Å². The van der Waals surface area contributed by atoms with Gasteiger partial charge in [-0.15, -0.1) is 0 Å². The summed E-state index contributed by atoms with van der Waals surface area (Å²) in [5.74, 6) is 0.558. The predicted molar refractivity (Wildman–Crippen MR) is 111 cm³/mol. The van der Waals surface area contributed by atoms with Crippen molar-refractivity contribution >= 4 is 11.4 Å². The topological polar surface area (TPSA) is 6.48 Å². The van der Waals surface area contributed by atoms with Crippen LogP contribution in [0.15, 0.2) is 84.9 Å². The highest BCUT2D eigenvalue weighted by Crippen LogP contribution is 2.37. The third-order valence-corrected chi connectivity index (χ3v) is 5.25. The Hall–Kier alpha value is -2.74. The lowest BCUT2D eigenvalue weighted by atomic mass is 10.0. The highest BCUT2D eigenvalue weighted by Gasteiger charge is 2.33. The van der Waals surface area contributed by atoms with Gasteiger partial charge in [0, 0.05) is 24.5 Å². The van der Waals surface area contributed by atoms with Crippen LogP contribution >= 0.6 is 0 Å². The Morgan fingerprint density at radius 1 is 0.654 bits per heavy atom. The lowest BCUT2D eigenvalue weighted by Gasteiger charge is -2.33. The Bertz CT molecular complexity index is 778. The summed E-state index contributed by atoms with van der Waals surface area (Å²) in [7, 11) is 0. The van der Waals surface area contributed by atoms with Gasteiger partial charge in [-0.2, -0.15) is 0 Å². The monoisotopic (exact) mass is 342 g/mol. The van der Waals surface area contributed by atoms with E-state index >= 15 is 0 Å². The normalized spacial score (nSPS) is 15.0. The van der Waals surface area contributed by atoms with Crippen LogP contribution in [0.25, 0.3) is 0 Å². The number of benzene rings is 3. The summed E-state index contributed by atoms with van der Waals surface area (Å²) in [6.45, 7) is 6.54. The molecule has 3 aromatic carbocycles. The fourth-order valence-electron chi connectivity index (χ4n) is 3.82. The predicted octanol–water partition coefficient (Wildman–Crippen LogP) is 5.84. The molecule has 0 aliphatic carbocycles. The van der Waals surface area contributed by atoms with E-state index in [1.54, 1.807) is 0 Å². The van der Waals surface area contributed by atoms with Crippen LogP contribution in [0.3, 0.4) is 0 Å². The van der Waals surface area contributed by atoms with E-state index < -0.39 is 0 Å². The molecule has 0 atom stereocenters. The van der Waals surface area contributed by atoms with Crippen molar-refractivity contribution in [3.05, 3.63) is 96.1 Å². The van der Waals surface area contributed by atoms with E-state index in [-0.39, 0.29) is 6.17 Å². The Balaban J connectivity index is 1.74. The highest BCUT2D eigenvalue weighted by molar-refractivity contribution is 5.59. The minimum Gasteiger partial charge on any atom is -0.346 e. The zero-order chi connectivity index (χ0) is 17.9. The molecule has 1 saturated heterocycles. The molecule has 2 heteroatoms. The van der Waals surface area contributed by atoms with Gasteiger partial charge in [0.25, 0.3) is 0 Å². The molecule has 0 unspecified atom stereocenters. The Labute approximate surface area is 156 Å². The number of hydrogen-bond donors (Lipinski definition) is 0. The first kappa shape index (κ1) is 16.7. The fraction of sp³-hybridized carbons (Fsp3) is 0.250. The van der Waals surface area contributed by atoms with Crippen molar-refractivity contribution in [2.24, 2.45) is 0 Å². The fourth-order valence-corrected chi connectivity index (χ4v) is 3.82. The maximum absolute atomic E-state index is 2.51. The summed E-state index contributed by atoms with van der Waals surface area (Å²) in [6.07, 6.45) is 0.223.